The van der Waals surface area contributed by atoms with Gasteiger partial charge in [0, 0.05) is 6.42 Å². The molecule has 0 amide bonds. The average Bonchev–Trinajstić information content (AvgIpc) is 2.01. The smallest absolute Gasteiger partial charge is 0.434 e. The first-order chi connectivity index (χ1) is 5.68. The number of hydrogen-bond acceptors (Lipinski definition) is 4. The van der Waals surface area contributed by atoms with E-state index >= 15 is 0 Å². The molecule has 5 heteroatoms. The molecular weight excluding hydrogens is 167 g/mol. The summed E-state index contributed by atoms with van der Waals surface area (Å²) in [5.41, 5.74) is 0. The van der Waals surface area contributed by atoms with Gasteiger partial charge in [0.25, 0.3) is 0 Å². The van der Waals surface area contributed by atoms with Crippen molar-refractivity contribution < 1.29 is 23.4 Å². The fraction of sp³-hybridized carbons (Fsp3) is 0.571. The Kier molecular flexibility index (Phi) is 3.04. The lowest BCUT2D eigenvalue weighted by Gasteiger charge is -2.21. The molecule has 1 atom stereocenters. The molecule has 1 saturated heterocycles. The minimum Gasteiger partial charge on any atom is -0.434 e. The summed E-state index contributed by atoms with van der Waals surface area (Å²) < 4.78 is 25.9. The highest BCUT2D eigenvalue weighted by atomic mass is 19.1. The normalized spacial score (nSPS) is 22.8. The van der Waals surface area contributed by atoms with Crippen molar-refractivity contribution in [1.82, 2.24) is 0 Å². The highest BCUT2D eigenvalue weighted by molar-refractivity contribution is 5.60. The van der Waals surface area contributed by atoms with Crippen molar-refractivity contribution in [2.75, 3.05) is 13.2 Å². The van der Waals surface area contributed by atoms with E-state index in [0.29, 0.717) is 6.42 Å². The Labute approximate surface area is 68.9 Å². The lowest BCUT2D eigenvalue weighted by Crippen LogP contribution is -2.29. The summed E-state index contributed by atoms with van der Waals surface area (Å²) in [5.74, 6) is -0.599. The molecule has 12 heavy (non-hydrogen) atoms. The monoisotopic (exact) mass is 176 g/mol. The minimum absolute atomic E-state index is 0.238. The van der Waals surface area contributed by atoms with Crippen LogP contribution in [0.2, 0.25) is 0 Å². The summed E-state index contributed by atoms with van der Waals surface area (Å²) in [7, 11) is 0. The van der Waals surface area contributed by atoms with Crippen molar-refractivity contribution in [2.24, 2.45) is 0 Å². The summed E-state index contributed by atoms with van der Waals surface area (Å²) in [6.07, 6.45) is -1.08. The standard InChI is InChI=1S/C7H9FO4/c1-5(8)4-11-6-2-3-10-7(9)12-6/h6H,1-4H2. The predicted molar refractivity (Wildman–Crippen MR) is 37.0 cm³/mol. The number of rotatable bonds is 3. The largest absolute Gasteiger partial charge is 0.510 e. The van der Waals surface area contributed by atoms with Gasteiger partial charge in [-0.15, -0.1) is 0 Å². The van der Waals surface area contributed by atoms with E-state index in [4.69, 9.17) is 4.74 Å². The second-order valence-electron chi connectivity index (χ2n) is 2.26. The van der Waals surface area contributed by atoms with Gasteiger partial charge in [-0.25, -0.2) is 9.18 Å². The highest BCUT2D eigenvalue weighted by Gasteiger charge is 2.21. The van der Waals surface area contributed by atoms with Gasteiger partial charge in [-0.1, -0.05) is 6.58 Å². The molecule has 0 spiro atoms. The Morgan fingerprint density at radius 1 is 1.83 bits per heavy atom. The number of hydrogen-bond donors (Lipinski definition) is 0. The van der Waals surface area contributed by atoms with Gasteiger partial charge in [0.2, 0.25) is 6.29 Å². The van der Waals surface area contributed by atoms with Gasteiger partial charge in [-0.3, -0.25) is 0 Å². The number of carbonyl (C=O) groups is 1. The Morgan fingerprint density at radius 3 is 3.17 bits per heavy atom. The molecule has 1 aliphatic rings. The summed E-state index contributed by atoms with van der Waals surface area (Å²) in [6.45, 7) is 2.98. The third-order valence-corrected chi connectivity index (χ3v) is 1.23. The van der Waals surface area contributed by atoms with Crippen molar-refractivity contribution in [3.8, 4) is 0 Å². The molecule has 0 bridgehead atoms. The first-order valence-electron chi connectivity index (χ1n) is 3.47. The summed E-state index contributed by atoms with van der Waals surface area (Å²) in [5, 5.41) is 0. The van der Waals surface area contributed by atoms with Crippen molar-refractivity contribution in [3.05, 3.63) is 12.4 Å². The van der Waals surface area contributed by atoms with Gasteiger partial charge in [-0.2, -0.15) is 0 Å². The molecule has 0 N–H and O–H groups in total. The van der Waals surface area contributed by atoms with Gasteiger partial charge in [0.1, 0.15) is 19.0 Å². The molecule has 1 fully saturated rings. The molecule has 1 rings (SSSR count). The Morgan fingerprint density at radius 2 is 2.58 bits per heavy atom. The van der Waals surface area contributed by atoms with E-state index < -0.39 is 18.3 Å². The zero-order valence-corrected chi connectivity index (χ0v) is 6.42. The van der Waals surface area contributed by atoms with Crippen molar-refractivity contribution in [3.63, 3.8) is 0 Å². The molecule has 68 valence electrons. The molecule has 0 radical (unpaired) electrons. The molecule has 0 saturated carbocycles. The van der Waals surface area contributed by atoms with Crippen LogP contribution in [0.4, 0.5) is 9.18 Å². The van der Waals surface area contributed by atoms with Crippen LogP contribution in [0.5, 0.6) is 0 Å². The number of cyclic esters (lactones) is 2. The second kappa shape index (κ2) is 4.06. The van der Waals surface area contributed by atoms with Crippen LogP contribution < -0.4 is 0 Å². The Hall–Kier alpha value is -1.10. The van der Waals surface area contributed by atoms with Crippen LogP contribution in [0, 0.1) is 0 Å². The molecule has 1 aliphatic heterocycles. The van der Waals surface area contributed by atoms with E-state index in [1.165, 1.54) is 0 Å². The SMILES string of the molecule is C=C(F)COC1CCOC(=O)O1. The third-order valence-electron chi connectivity index (χ3n) is 1.23. The van der Waals surface area contributed by atoms with Crippen LogP contribution in [0.3, 0.4) is 0 Å². The molecule has 1 heterocycles. The van der Waals surface area contributed by atoms with Gasteiger partial charge >= 0.3 is 6.16 Å². The first-order valence-corrected chi connectivity index (χ1v) is 3.47. The zero-order chi connectivity index (χ0) is 8.97. The molecule has 0 aromatic rings. The van der Waals surface area contributed by atoms with Crippen LogP contribution in [-0.2, 0) is 14.2 Å². The summed E-state index contributed by atoms with van der Waals surface area (Å²) >= 11 is 0. The maximum Gasteiger partial charge on any atom is 0.510 e. The fourth-order valence-electron chi connectivity index (χ4n) is 0.739. The average molecular weight is 176 g/mol. The number of halogens is 1. The van der Waals surface area contributed by atoms with E-state index in [2.05, 4.69) is 16.1 Å². The second-order valence-corrected chi connectivity index (χ2v) is 2.26. The third kappa shape index (κ3) is 2.87. The van der Waals surface area contributed by atoms with E-state index in [1.807, 2.05) is 0 Å². The molecular formula is C7H9FO4. The number of ether oxygens (including phenoxy) is 3. The fourth-order valence-corrected chi connectivity index (χ4v) is 0.739. The maximum absolute atomic E-state index is 12.1. The van der Waals surface area contributed by atoms with E-state index in [0.717, 1.165) is 0 Å². The van der Waals surface area contributed by atoms with Crippen molar-refractivity contribution >= 4 is 6.16 Å². The van der Waals surface area contributed by atoms with Crippen LogP contribution in [0.1, 0.15) is 6.42 Å². The number of carbonyl (C=O) groups excluding carboxylic acids is 1. The van der Waals surface area contributed by atoms with E-state index in [-0.39, 0.29) is 13.2 Å². The first kappa shape index (κ1) is 8.99. The van der Waals surface area contributed by atoms with Gasteiger partial charge in [-0.05, 0) is 0 Å². The van der Waals surface area contributed by atoms with E-state index in [1.54, 1.807) is 0 Å². The van der Waals surface area contributed by atoms with Gasteiger partial charge in [0.05, 0.1) is 0 Å². The van der Waals surface area contributed by atoms with Crippen LogP contribution in [-0.4, -0.2) is 25.7 Å². The van der Waals surface area contributed by atoms with Gasteiger partial charge in [0.15, 0.2) is 0 Å². The van der Waals surface area contributed by atoms with E-state index in [9.17, 15) is 9.18 Å². The predicted octanol–water partition coefficient (Wildman–Crippen LogP) is 1.37. The zero-order valence-electron chi connectivity index (χ0n) is 6.42. The van der Waals surface area contributed by atoms with Crippen LogP contribution in [0.15, 0.2) is 12.4 Å². The highest BCUT2D eigenvalue weighted by Crippen LogP contribution is 2.10. The van der Waals surface area contributed by atoms with Gasteiger partial charge < -0.3 is 14.2 Å². The van der Waals surface area contributed by atoms with Crippen LogP contribution in [0.25, 0.3) is 0 Å². The molecule has 0 aromatic heterocycles. The summed E-state index contributed by atoms with van der Waals surface area (Å²) in [6, 6.07) is 0. The van der Waals surface area contributed by atoms with Crippen molar-refractivity contribution in [2.45, 2.75) is 12.7 Å². The van der Waals surface area contributed by atoms with Crippen molar-refractivity contribution in [1.29, 1.82) is 0 Å². The molecule has 4 nitrogen and oxygen atoms in total. The Bertz CT molecular complexity index is 192. The lowest BCUT2D eigenvalue weighted by molar-refractivity contribution is -0.151. The van der Waals surface area contributed by atoms with Crippen LogP contribution >= 0.6 is 0 Å². The Balaban J connectivity index is 2.23. The molecule has 0 aliphatic carbocycles. The summed E-state index contributed by atoms with van der Waals surface area (Å²) in [4.78, 5) is 10.5. The molecule has 0 aromatic carbocycles. The maximum atomic E-state index is 12.1. The minimum atomic E-state index is -0.782. The lowest BCUT2D eigenvalue weighted by atomic mass is 10.4. The quantitative estimate of drug-likeness (QED) is 0.609. The topological polar surface area (TPSA) is 44.8 Å². The molecule has 1 unspecified atom stereocenters.